The zero-order valence-electron chi connectivity index (χ0n) is 11.2. The van der Waals surface area contributed by atoms with Gasteiger partial charge in [0.05, 0.1) is 19.3 Å². The zero-order valence-corrected chi connectivity index (χ0v) is 12.0. The van der Waals surface area contributed by atoms with Crippen LogP contribution in [0.1, 0.15) is 39.0 Å². The summed E-state index contributed by atoms with van der Waals surface area (Å²) in [5.74, 6) is -1.73. The standard InChI is InChI=1S/C11H21NO6S/c1-3-5-9(8-10(13)14)12-19(16,17)7-4-6-11(15)18-2/h9,12H,3-8H2,1-2H3,(H,13,14). The van der Waals surface area contributed by atoms with Crippen molar-refractivity contribution in [3.63, 3.8) is 0 Å². The van der Waals surface area contributed by atoms with Crippen LogP contribution in [0.4, 0.5) is 0 Å². The molecule has 0 bridgehead atoms. The predicted octanol–water partition coefficient (Wildman–Crippen LogP) is 0.502. The summed E-state index contributed by atoms with van der Waals surface area (Å²) >= 11 is 0. The van der Waals surface area contributed by atoms with Crippen molar-refractivity contribution >= 4 is 22.0 Å². The maximum absolute atomic E-state index is 11.7. The monoisotopic (exact) mass is 295 g/mol. The maximum Gasteiger partial charge on any atom is 0.305 e. The lowest BCUT2D eigenvalue weighted by molar-refractivity contribution is -0.140. The average Bonchev–Trinajstić information content (AvgIpc) is 2.27. The molecule has 0 aliphatic rings. The van der Waals surface area contributed by atoms with Crippen LogP contribution in [0.5, 0.6) is 0 Å². The smallest absolute Gasteiger partial charge is 0.305 e. The van der Waals surface area contributed by atoms with Crippen molar-refractivity contribution in [2.75, 3.05) is 12.9 Å². The van der Waals surface area contributed by atoms with Gasteiger partial charge in [0.1, 0.15) is 0 Å². The molecule has 0 aromatic rings. The number of hydrogen-bond donors (Lipinski definition) is 2. The quantitative estimate of drug-likeness (QED) is 0.568. The summed E-state index contributed by atoms with van der Waals surface area (Å²) in [6, 6.07) is -0.606. The third-order valence-electron chi connectivity index (χ3n) is 2.43. The van der Waals surface area contributed by atoms with Gasteiger partial charge in [-0.15, -0.1) is 0 Å². The molecule has 8 heteroatoms. The Morgan fingerprint density at radius 2 is 2.00 bits per heavy atom. The SMILES string of the molecule is CCCC(CC(=O)O)NS(=O)(=O)CCCC(=O)OC. The second-order valence-corrected chi connectivity index (χ2v) is 6.07. The molecule has 1 unspecified atom stereocenters. The summed E-state index contributed by atoms with van der Waals surface area (Å²) in [5.41, 5.74) is 0. The number of esters is 1. The number of carbonyl (C=O) groups excluding carboxylic acids is 1. The van der Waals surface area contributed by atoms with Gasteiger partial charge in [0.25, 0.3) is 0 Å². The van der Waals surface area contributed by atoms with Crippen molar-refractivity contribution in [2.24, 2.45) is 0 Å². The number of carboxylic acid groups (broad SMARTS) is 1. The van der Waals surface area contributed by atoms with E-state index in [1.807, 2.05) is 6.92 Å². The Kier molecular flexibility index (Phi) is 8.33. The van der Waals surface area contributed by atoms with E-state index in [9.17, 15) is 18.0 Å². The third kappa shape index (κ3) is 9.43. The first kappa shape index (κ1) is 17.8. The summed E-state index contributed by atoms with van der Waals surface area (Å²) in [7, 11) is -2.34. The highest BCUT2D eigenvalue weighted by Gasteiger charge is 2.19. The molecule has 0 spiro atoms. The van der Waals surface area contributed by atoms with E-state index in [0.29, 0.717) is 12.8 Å². The molecule has 0 rings (SSSR count). The molecule has 1 atom stereocenters. The van der Waals surface area contributed by atoms with Crippen LogP contribution >= 0.6 is 0 Å². The number of methoxy groups -OCH3 is 1. The molecule has 2 N–H and O–H groups in total. The second kappa shape index (κ2) is 8.87. The van der Waals surface area contributed by atoms with Crippen LogP contribution in [0.25, 0.3) is 0 Å². The molecule has 0 aromatic heterocycles. The van der Waals surface area contributed by atoms with Gasteiger partial charge in [0.2, 0.25) is 10.0 Å². The minimum absolute atomic E-state index is 0.0226. The molecular weight excluding hydrogens is 274 g/mol. The van der Waals surface area contributed by atoms with Gasteiger partial charge in [-0.1, -0.05) is 13.3 Å². The van der Waals surface area contributed by atoms with Crippen molar-refractivity contribution in [1.82, 2.24) is 4.72 Å². The van der Waals surface area contributed by atoms with Crippen LogP contribution in [0.15, 0.2) is 0 Å². The van der Waals surface area contributed by atoms with E-state index < -0.39 is 28.0 Å². The molecule has 0 heterocycles. The normalized spacial score (nSPS) is 12.9. The van der Waals surface area contributed by atoms with Crippen LogP contribution in [0.3, 0.4) is 0 Å². The van der Waals surface area contributed by atoms with Crippen molar-refractivity contribution in [3.05, 3.63) is 0 Å². The number of carbonyl (C=O) groups is 2. The van der Waals surface area contributed by atoms with Gasteiger partial charge in [0, 0.05) is 12.5 Å². The Hall–Kier alpha value is -1.15. The topological polar surface area (TPSA) is 110 Å². The third-order valence-corrected chi connectivity index (χ3v) is 3.94. The molecule has 19 heavy (non-hydrogen) atoms. The molecule has 112 valence electrons. The van der Waals surface area contributed by atoms with E-state index in [2.05, 4.69) is 9.46 Å². The van der Waals surface area contributed by atoms with Crippen molar-refractivity contribution in [1.29, 1.82) is 0 Å². The van der Waals surface area contributed by atoms with Gasteiger partial charge in [-0.25, -0.2) is 13.1 Å². The largest absolute Gasteiger partial charge is 0.481 e. The van der Waals surface area contributed by atoms with E-state index in [1.165, 1.54) is 7.11 Å². The van der Waals surface area contributed by atoms with E-state index in [0.717, 1.165) is 0 Å². The van der Waals surface area contributed by atoms with Crippen LogP contribution in [-0.2, 0) is 24.3 Å². The zero-order chi connectivity index (χ0) is 14.9. The van der Waals surface area contributed by atoms with Crippen LogP contribution in [0.2, 0.25) is 0 Å². The number of rotatable bonds is 10. The molecule has 0 saturated heterocycles. The highest BCUT2D eigenvalue weighted by Crippen LogP contribution is 2.05. The first-order chi connectivity index (χ1) is 8.80. The molecule has 0 aliphatic carbocycles. The Morgan fingerprint density at radius 3 is 2.47 bits per heavy atom. The lowest BCUT2D eigenvalue weighted by atomic mass is 10.1. The molecule has 0 aromatic carbocycles. The van der Waals surface area contributed by atoms with Crippen LogP contribution in [0, 0.1) is 0 Å². The minimum Gasteiger partial charge on any atom is -0.481 e. The fourth-order valence-corrected chi connectivity index (χ4v) is 2.93. The highest BCUT2D eigenvalue weighted by molar-refractivity contribution is 7.89. The summed E-state index contributed by atoms with van der Waals surface area (Å²) in [6.45, 7) is 1.85. The number of aliphatic carboxylic acids is 1. The van der Waals surface area contributed by atoms with Gasteiger partial charge >= 0.3 is 11.9 Å². The lowest BCUT2D eigenvalue weighted by Gasteiger charge is -2.16. The van der Waals surface area contributed by atoms with Gasteiger partial charge in [0.15, 0.2) is 0 Å². The van der Waals surface area contributed by atoms with Crippen LogP contribution in [-0.4, -0.2) is 44.4 Å². The van der Waals surface area contributed by atoms with E-state index in [1.54, 1.807) is 0 Å². The van der Waals surface area contributed by atoms with Gasteiger partial charge < -0.3 is 9.84 Å². The maximum atomic E-state index is 11.7. The van der Waals surface area contributed by atoms with Gasteiger partial charge in [-0.3, -0.25) is 9.59 Å². The fraction of sp³-hybridized carbons (Fsp3) is 0.818. The molecule has 0 aliphatic heterocycles. The number of sulfonamides is 1. The Morgan fingerprint density at radius 1 is 1.37 bits per heavy atom. The van der Waals surface area contributed by atoms with Gasteiger partial charge in [-0.05, 0) is 12.8 Å². The molecule has 0 radical (unpaired) electrons. The number of carboxylic acids is 1. The van der Waals surface area contributed by atoms with Gasteiger partial charge in [-0.2, -0.15) is 0 Å². The van der Waals surface area contributed by atoms with Crippen molar-refractivity contribution < 1.29 is 27.9 Å². The Bertz CT molecular complexity index is 392. The number of nitrogens with one attached hydrogen (secondary N) is 1. The summed E-state index contributed by atoms with van der Waals surface area (Å²) in [4.78, 5) is 21.5. The summed E-state index contributed by atoms with van der Waals surface area (Å²) in [6.07, 6.45) is 1.07. The van der Waals surface area contributed by atoms with Crippen molar-refractivity contribution in [2.45, 2.75) is 45.1 Å². The molecule has 0 fully saturated rings. The van der Waals surface area contributed by atoms with Crippen molar-refractivity contribution in [3.8, 4) is 0 Å². The predicted molar refractivity (Wildman–Crippen MR) is 69.1 cm³/mol. The molecule has 7 nitrogen and oxygen atoms in total. The second-order valence-electron chi connectivity index (χ2n) is 4.20. The Balaban J connectivity index is 4.30. The highest BCUT2D eigenvalue weighted by atomic mass is 32.2. The van der Waals surface area contributed by atoms with Crippen LogP contribution < -0.4 is 4.72 Å². The van der Waals surface area contributed by atoms with E-state index in [4.69, 9.17) is 5.11 Å². The molecular formula is C11H21NO6S. The lowest BCUT2D eigenvalue weighted by Crippen LogP contribution is -2.37. The number of ether oxygens (including phenoxy) is 1. The summed E-state index contributed by atoms with van der Waals surface area (Å²) in [5, 5.41) is 8.69. The number of hydrogen-bond acceptors (Lipinski definition) is 5. The van der Waals surface area contributed by atoms with E-state index >= 15 is 0 Å². The molecule has 0 saturated carbocycles. The minimum atomic E-state index is -3.57. The summed E-state index contributed by atoms with van der Waals surface area (Å²) < 4.78 is 30.2. The van der Waals surface area contributed by atoms with E-state index in [-0.39, 0.29) is 25.0 Å². The Labute approximate surface area is 113 Å². The molecule has 0 amide bonds. The average molecular weight is 295 g/mol. The first-order valence-corrected chi connectivity index (χ1v) is 7.74. The first-order valence-electron chi connectivity index (χ1n) is 6.09. The fourth-order valence-electron chi connectivity index (χ4n) is 1.58.